The van der Waals surface area contributed by atoms with Gasteiger partial charge in [-0.2, -0.15) is 8.42 Å². The molecule has 148 valence electrons. The lowest BCUT2D eigenvalue weighted by Gasteiger charge is -2.09. The van der Waals surface area contributed by atoms with Gasteiger partial charge in [0.1, 0.15) is 4.90 Å². The minimum atomic E-state index is -3.67. The minimum Gasteiger partial charge on any atom is -0.352 e. The summed E-state index contributed by atoms with van der Waals surface area (Å²) in [6, 6.07) is 13.5. The van der Waals surface area contributed by atoms with Crippen LogP contribution in [-0.2, 0) is 16.6 Å². The van der Waals surface area contributed by atoms with Crippen LogP contribution in [0.4, 0.5) is 5.69 Å². The third kappa shape index (κ3) is 4.19. The largest absolute Gasteiger partial charge is 0.352 e. The fraction of sp³-hybridized carbons (Fsp3) is 0.150. The number of aryl methyl sites for hydroxylation is 1. The molecule has 9 heteroatoms. The van der Waals surface area contributed by atoms with Crippen LogP contribution in [0.2, 0.25) is 0 Å². The smallest absolute Gasteiger partial charge is 0.285 e. The average molecular weight is 409 g/mol. The second kappa shape index (κ2) is 7.88. The number of carbonyl (C=O) groups excluding carboxylic acids is 1. The highest BCUT2D eigenvalue weighted by molar-refractivity contribution is 7.90. The Morgan fingerprint density at radius 2 is 1.86 bits per heavy atom. The Morgan fingerprint density at radius 3 is 2.62 bits per heavy atom. The molecule has 0 atom stereocenters. The van der Waals surface area contributed by atoms with Gasteiger partial charge in [-0.1, -0.05) is 12.1 Å². The van der Waals surface area contributed by atoms with Crippen LogP contribution in [0.15, 0.2) is 76.5 Å². The lowest BCUT2D eigenvalue weighted by Crippen LogP contribution is -2.25. The molecule has 2 N–H and O–H groups in total. The number of carbonyl (C=O) groups is 1. The standard InChI is InChI=1S/C20H19N5O3S/c26-20(22-10-3-12-25-13-11-21-14-25)15-6-8-16(9-7-15)23-19-17-4-1-2-5-18(17)29(27,28)24-19/h1-2,4-9,11,13-14H,3,10,12H2,(H,22,26)(H,23,24). The normalized spacial score (nSPS) is 14.1. The predicted octanol–water partition coefficient (Wildman–Crippen LogP) is 2.26. The number of rotatable bonds is 6. The Morgan fingerprint density at radius 1 is 1.07 bits per heavy atom. The number of nitrogens with one attached hydrogen (secondary N) is 2. The molecule has 1 aliphatic rings. The summed E-state index contributed by atoms with van der Waals surface area (Å²) in [6.45, 7) is 1.35. The number of aromatic nitrogens is 2. The van der Waals surface area contributed by atoms with Crippen molar-refractivity contribution in [2.45, 2.75) is 17.9 Å². The maximum Gasteiger partial charge on any atom is 0.285 e. The van der Waals surface area contributed by atoms with Crippen LogP contribution in [0.25, 0.3) is 0 Å². The number of hydrogen-bond acceptors (Lipinski definition) is 5. The molecule has 0 spiro atoms. The first-order valence-electron chi connectivity index (χ1n) is 9.08. The van der Waals surface area contributed by atoms with Gasteiger partial charge in [-0.05, 0) is 42.8 Å². The molecule has 0 radical (unpaired) electrons. The number of amidine groups is 1. The van der Waals surface area contributed by atoms with E-state index >= 15 is 0 Å². The summed E-state index contributed by atoms with van der Waals surface area (Å²) in [5.74, 6) is 0.116. The first kappa shape index (κ1) is 18.9. The number of amides is 1. The summed E-state index contributed by atoms with van der Waals surface area (Å²) < 4.78 is 30.0. The van der Waals surface area contributed by atoms with Crippen LogP contribution in [0.3, 0.4) is 0 Å². The topological polar surface area (TPSA) is 105 Å². The first-order valence-corrected chi connectivity index (χ1v) is 10.5. The number of fused-ring (bicyclic) bond motifs is 1. The third-order valence-electron chi connectivity index (χ3n) is 4.48. The van der Waals surface area contributed by atoms with E-state index in [-0.39, 0.29) is 16.6 Å². The maximum absolute atomic E-state index is 12.3. The van der Waals surface area contributed by atoms with Gasteiger partial charge in [0.2, 0.25) is 0 Å². The molecule has 0 aliphatic carbocycles. The van der Waals surface area contributed by atoms with E-state index in [1.54, 1.807) is 55.0 Å². The number of hydrogen-bond donors (Lipinski definition) is 2. The monoisotopic (exact) mass is 409 g/mol. The van der Waals surface area contributed by atoms with Gasteiger partial charge in [0.05, 0.1) is 6.33 Å². The maximum atomic E-state index is 12.3. The molecule has 0 saturated carbocycles. The van der Waals surface area contributed by atoms with Crippen molar-refractivity contribution < 1.29 is 13.2 Å². The predicted molar refractivity (Wildman–Crippen MR) is 109 cm³/mol. The second-order valence-electron chi connectivity index (χ2n) is 6.52. The van der Waals surface area contributed by atoms with Crippen molar-refractivity contribution in [2.75, 3.05) is 11.9 Å². The molecule has 1 amide bonds. The number of sulfonamides is 1. The minimum absolute atomic E-state index is 0.159. The zero-order valence-corrected chi connectivity index (χ0v) is 16.3. The molecule has 0 unspecified atom stereocenters. The van der Waals surface area contributed by atoms with Crippen LogP contribution < -0.4 is 10.6 Å². The highest BCUT2D eigenvalue weighted by Crippen LogP contribution is 2.26. The van der Waals surface area contributed by atoms with Crippen LogP contribution >= 0.6 is 0 Å². The average Bonchev–Trinajstić information content (AvgIpc) is 3.32. The lowest BCUT2D eigenvalue weighted by molar-refractivity contribution is 0.0952. The van der Waals surface area contributed by atoms with E-state index in [9.17, 15) is 13.2 Å². The molecule has 1 aliphatic heterocycles. The van der Waals surface area contributed by atoms with Gasteiger partial charge in [-0.3, -0.25) is 4.79 Å². The van der Waals surface area contributed by atoms with Crippen LogP contribution in [0.1, 0.15) is 22.3 Å². The highest BCUT2D eigenvalue weighted by Gasteiger charge is 2.28. The first-order chi connectivity index (χ1) is 14.0. The molecule has 0 bridgehead atoms. The van der Waals surface area contributed by atoms with E-state index in [0.29, 0.717) is 23.4 Å². The van der Waals surface area contributed by atoms with E-state index < -0.39 is 10.0 Å². The SMILES string of the molecule is O=C(NCCCn1ccnc1)c1ccc(NC2=NS(=O)(=O)c3ccccc32)cc1. The molecule has 29 heavy (non-hydrogen) atoms. The Hall–Kier alpha value is -3.46. The summed E-state index contributed by atoms with van der Waals surface area (Å²) in [5, 5.41) is 5.90. The zero-order valence-electron chi connectivity index (χ0n) is 15.4. The van der Waals surface area contributed by atoms with Gasteiger partial charge >= 0.3 is 0 Å². The third-order valence-corrected chi connectivity index (χ3v) is 5.81. The zero-order chi connectivity index (χ0) is 20.3. The van der Waals surface area contributed by atoms with Crippen LogP contribution in [0.5, 0.6) is 0 Å². The summed E-state index contributed by atoms with van der Waals surface area (Å²) >= 11 is 0. The second-order valence-corrected chi connectivity index (χ2v) is 8.10. The number of anilines is 1. The Balaban J connectivity index is 1.35. The number of imidazole rings is 1. The fourth-order valence-corrected chi connectivity index (χ4v) is 4.20. The van der Waals surface area contributed by atoms with Gasteiger partial charge in [0.15, 0.2) is 5.84 Å². The molecular formula is C20H19N5O3S. The summed E-state index contributed by atoms with van der Waals surface area (Å²) in [4.78, 5) is 16.4. The molecule has 3 aromatic rings. The van der Waals surface area contributed by atoms with Crippen LogP contribution in [0, 0.1) is 0 Å². The number of benzene rings is 2. The molecule has 0 fully saturated rings. The van der Waals surface area contributed by atoms with Crippen molar-refractivity contribution in [3.05, 3.63) is 78.4 Å². The lowest BCUT2D eigenvalue weighted by atomic mass is 10.1. The van der Waals surface area contributed by atoms with E-state index in [1.165, 1.54) is 6.07 Å². The van der Waals surface area contributed by atoms with E-state index in [0.717, 1.165) is 13.0 Å². The number of nitrogens with zero attached hydrogens (tertiary/aromatic N) is 3. The molecule has 2 heterocycles. The summed E-state index contributed by atoms with van der Waals surface area (Å²) in [6.07, 6.45) is 6.15. The Kier molecular flexibility index (Phi) is 5.13. The fourth-order valence-electron chi connectivity index (χ4n) is 3.02. The van der Waals surface area contributed by atoms with Gasteiger partial charge in [0, 0.05) is 42.3 Å². The molecular weight excluding hydrogens is 390 g/mol. The van der Waals surface area contributed by atoms with Crippen molar-refractivity contribution >= 4 is 27.5 Å². The van der Waals surface area contributed by atoms with Gasteiger partial charge in [0.25, 0.3) is 15.9 Å². The Bertz CT molecular complexity index is 1150. The van der Waals surface area contributed by atoms with Crippen molar-refractivity contribution in [1.29, 1.82) is 0 Å². The van der Waals surface area contributed by atoms with Crippen molar-refractivity contribution in [2.24, 2.45) is 4.40 Å². The van der Waals surface area contributed by atoms with E-state index in [1.807, 2.05) is 10.8 Å². The molecule has 0 saturated heterocycles. The van der Waals surface area contributed by atoms with Gasteiger partial charge < -0.3 is 15.2 Å². The van der Waals surface area contributed by atoms with Crippen molar-refractivity contribution in [3.63, 3.8) is 0 Å². The van der Waals surface area contributed by atoms with Crippen LogP contribution in [-0.4, -0.2) is 36.3 Å². The van der Waals surface area contributed by atoms with Gasteiger partial charge in [-0.25, -0.2) is 4.98 Å². The molecule has 4 rings (SSSR count). The summed E-state index contributed by atoms with van der Waals surface area (Å²) in [5.41, 5.74) is 1.71. The highest BCUT2D eigenvalue weighted by atomic mass is 32.2. The molecule has 1 aromatic heterocycles. The molecule has 8 nitrogen and oxygen atoms in total. The van der Waals surface area contributed by atoms with Crippen molar-refractivity contribution in [3.8, 4) is 0 Å². The Labute approximate surface area is 168 Å². The van der Waals surface area contributed by atoms with Crippen molar-refractivity contribution in [1.82, 2.24) is 14.9 Å². The quantitative estimate of drug-likeness (QED) is 0.608. The van der Waals surface area contributed by atoms with Gasteiger partial charge in [-0.15, -0.1) is 4.40 Å². The summed E-state index contributed by atoms with van der Waals surface area (Å²) in [7, 11) is -3.67. The van der Waals surface area contributed by atoms with E-state index in [4.69, 9.17) is 0 Å². The molecule has 2 aromatic carbocycles. The van der Waals surface area contributed by atoms with E-state index in [2.05, 4.69) is 20.0 Å².